The van der Waals surface area contributed by atoms with E-state index >= 15 is 0 Å². The molecule has 1 aromatic carbocycles. The lowest BCUT2D eigenvalue weighted by molar-refractivity contribution is -0.135. The van der Waals surface area contributed by atoms with E-state index in [1.54, 1.807) is 0 Å². The first-order valence-electron chi connectivity index (χ1n) is 5.98. The number of benzene rings is 1. The van der Waals surface area contributed by atoms with Gasteiger partial charge in [0.15, 0.2) is 0 Å². The summed E-state index contributed by atoms with van der Waals surface area (Å²) in [6.45, 7) is 0.0485. The smallest absolute Gasteiger partial charge is 0.323 e. The molecule has 98 valence electrons. The van der Waals surface area contributed by atoms with Gasteiger partial charge < -0.3 is 10.0 Å². The topological polar surface area (TPSA) is 40.5 Å². The molecule has 0 spiro atoms. The molecule has 3 nitrogen and oxygen atoms in total. The third-order valence-electron chi connectivity index (χ3n) is 3.04. The number of hydrogen-bond acceptors (Lipinski definition) is 3. The van der Waals surface area contributed by atoms with Gasteiger partial charge in [-0.3, -0.25) is 4.79 Å². The molecule has 1 aliphatic heterocycles. The second kappa shape index (κ2) is 6.34. The van der Waals surface area contributed by atoms with Crippen LogP contribution in [0.1, 0.15) is 12.8 Å². The summed E-state index contributed by atoms with van der Waals surface area (Å²) in [6.07, 6.45) is 2.21. The third-order valence-corrected chi connectivity index (χ3v) is 4.49. The maximum absolute atomic E-state index is 11.0. The van der Waals surface area contributed by atoms with Crippen LogP contribution in [-0.4, -0.2) is 35.2 Å². The first-order chi connectivity index (χ1) is 8.66. The molecule has 1 fully saturated rings. The summed E-state index contributed by atoms with van der Waals surface area (Å²) in [4.78, 5) is 13.0. The van der Waals surface area contributed by atoms with E-state index in [1.807, 2.05) is 40.9 Å². The first-order valence-corrected chi connectivity index (χ1v) is 7.52. The van der Waals surface area contributed by atoms with Gasteiger partial charge in [-0.15, -0.1) is 0 Å². The van der Waals surface area contributed by atoms with Crippen LogP contribution in [0.4, 0.5) is 5.69 Å². The fourth-order valence-electron chi connectivity index (χ4n) is 2.18. The van der Waals surface area contributed by atoms with E-state index in [4.69, 9.17) is 16.7 Å². The summed E-state index contributed by atoms with van der Waals surface area (Å²) in [6, 6.07) is 7.71. The largest absolute Gasteiger partial charge is 0.480 e. The molecule has 18 heavy (non-hydrogen) atoms. The van der Waals surface area contributed by atoms with Crippen LogP contribution in [0.3, 0.4) is 0 Å². The second-order valence-corrected chi connectivity index (χ2v) is 5.96. The Hall–Kier alpha value is -0.870. The fraction of sp³-hybridized carbons (Fsp3) is 0.462. The van der Waals surface area contributed by atoms with E-state index < -0.39 is 5.97 Å². The Balaban J connectivity index is 2.17. The van der Waals surface area contributed by atoms with Gasteiger partial charge in [-0.1, -0.05) is 11.6 Å². The Labute approximate surface area is 116 Å². The number of carboxylic acid groups (broad SMARTS) is 1. The number of carboxylic acids is 1. The van der Waals surface area contributed by atoms with Gasteiger partial charge >= 0.3 is 5.97 Å². The fourth-order valence-corrected chi connectivity index (χ4v) is 3.46. The lowest BCUT2D eigenvalue weighted by Crippen LogP contribution is -2.42. The molecule has 1 aromatic rings. The summed E-state index contributed by atoms with van der Waals surface area (Å²) >= 11 is 7.76. The molecule has 1 unspecified atom stereocenters. The molecule has 1 aliphatic rings. The molecule has 1 heterocycles. The van der Waals surface area contributed by atoms with Gasteiger partial charge in [0, 0.05) is 22.5 Å². The maximum Gasteiger partial charge on any atom is 0.323 e. The van der Waals surface area contributed by atoms with Crippen molar-refractivity contribution in [3.63, 3.8) is 0 Å². The lowest BCUT2D eigenvalue weighted by atomic mass is 10.1. The van der Waals surface area contributed by atoms with Crippen LogP contribution in [0.25, 0.3) is 0 Å². The number of anilines is 1. The summed E-state index contributed by atoms with van der Waals surface area (Å²) < 4.78 is 0. The van der Waals surface area contributed by atoms with Crippen LogP contribution in [0.2, 0.25) is 5.02 Å². The van der Waals surface area contributed by atoms with Crippen LogP contribution in [0.15, 0.2) is 24.3 Å². The predicted molar refractivity (Wildman–Crippen MR) is 76.8 cm³/mol. The Morgan fingerprint density at radius 1 is 1.44 bits per heavy atom. The van der Waals surface area contributed by atoms with Crippen molar-refractivity contribution in [3.05, 3.63) is 29.3 Å². The first kappa shape index (κ1) is 13.6. The monoisotopic (exact) mass is 285 g/mol. The molecule has 1 saturated heterocycles. The SMILES string of the molecule is O=C(O)CN(c1ccc(Cl)cc1)C1CCCSC1. The van der Waals surface area contributed by atoms with Crippen molar-refractivity contribution >= 4 is 35.0 Å². The van der Waals surface area contributed by atoms with E-state index in [0.717, 1.165) is 24.3 Å². The Bertz CT molecular complexity index is 404. The van der Waals surface area contributed by atoms with Crippen molar-refractivity contribution < 1.29 is 9.90 Å². The quantitative estimate of drug-likeness (QED) is 0.923. The molecule has 5 heteroatoms. The number of halogens is 1. The third kappa shape index (κ3) is 3.56. The van der Waals surface area contributed by atoms with E-state index in [-0.39, 0.29) is 6.54 Å². The second-order valence-electron chi connectivity index (χ2n) is 4.37. The van der Waals surface area contributed by atoms with Crippen molar-refractivity contribution in [1.82, 2.24) is 0 Å². The molecule has 0 aromatic heterocycles. The van der Waals surface area contributed by atoms with E-state index in [0.29, 0.717) is 11.1 Å². The molecular weight excluding hydrogens is 270 g/mol. The van der Waals surface area contributed by atoms with Crippen molar-refractivity contribution in [2.45, 2.75) is 18.9 Å². The van der Waals surface area contributed by atoms with Gasteiger partial charge in [0.05, 0.1) is 0 Å². The Morgan fingerprint density at radius 2 is 2.17 bits per heavy atom. The minimum Gasteiger partial charge on any atom is -0.480 e. The van der Waals surface area contributed by atoms with Crippen molar-refractivity contribution in [1.29, 1.82) is 0 Å². The minimum atomic E-state index is -0.791. The Kier molecular flexibility index (Phi) is 4.78. The minimum absolute atomic E-state index is 0.0485. The molecule has 1 atom stereocenters. The van der Waals surface area contributed by atoms with Crippen LogP contribution in [-0.2, 0) is 4.79 Å². The summed E-state index contributed by atoms with van der Waals surface area (Å²) in [5, 5.41) is 9.73. The zero-order valence-electron chi connectivity index (χ0n) is 10.0. The highest BCUT2D eigenvalue weighted by molar-refractivity contribution is 7.99. The molecule has 1 N–H and O–H groups in total. The van der Waals surface area contributed by atoms with Gasteiger partial charge in [-0.2, -0.15) is 11.8 Å². The number of thioether (sulfide) groups is 1. The van der Waals surface area contributed by atoms with Gasteiger partial charge in [0.2, 0.25) is 0 Å². The number of carbonyl (C=O) groups is 1. The van der Waals surface area contributed by atoms with Gasteiger partial charge in [0.1, 0.15) is 6.54 Å². The van der Waals surface area contributed by atoms with Crippen molar-refractivity contribution in [3.8, 4) is 0 Å². The number of rotatable bonds is 4. The Morgan fingerprint density at radius 3 is 2.72 bits per heavy atom. The molecular formula is C13H16ClNO2S. The van der Waals surface area contributed by atoms with Crippen LogP contribution in [0, 0.1) is 0 Å². The zero-order valence-corrected chi connectivity index (χ0v) is 11.6. The average molecular weight is 286 g/mol. The number of hydrogen-bond donors (Lipinski definition) is 1. The normalized spacial score (nSPS) is 19.5. The number of nitrogens with zero attached hydrogens (tertiary/aromatic N) is 1. The molecule has 2 rings (SSSR count). The van der Waals surface area contributed by atoms with Crippen LogP contribution < -0.4 is 4.90 Å². The zero-order chi connectivity index (χ0) is 13.0. The van der Waals surface area contributed by atoms with E-state index in [9.17, 15) is 4.79 Å². The van der Waals surface area contributed by atoms with Crippen molar-refractivity contribution in [2.24, 2.45) is 0 Å². The predicted octanol–water partition coefficient (Wildman–Crippen LogP) is 3.13. The summed E-state index contributed by atoms with van der Waals surface area (Å²) in [5.74, 6) is 1.38. The molecule has 0 aliphatic carbocycles. The highest BCUT2D eigenvalue weighted by Gasteiger charge is 2.23. The highest BCUT2D eigenvalue weighted by atomic mass is 35.5. The summed E-state index contributed by atoms with van der Waals surface area (Å²) in [7, 11) is 0. The molecule has 0 saturated carbocycles. The molecule has 0 bridgehead atoms. The summed E-state index contributed by atoms with van der Waals surface area (Å²) in [5.41, 5.74) is 0.939. The van der Waals surface area contributed by atoms with Crippen molar-refractivity contribution in [2.75, 3.05) is 23.0 Å². The maximum atomic E-state index is 11.0. The standard InChI is InChI=1S/C13H16ClNO2S/c14-10-3-5-11(6-4-10)15(8-13(16)17)12-2-1-7-18-9-12/h3-6,12H,1-2,7-9H2,(H,16,17). The highest BCUT2D eigenvalue weighted by Crippen LogP contribution is 2.27. The van der Waals surface area contributed by atoms with Crippen LogP contribution >= 0.6 is 23.4 Å². The average Bonchev–Trinajstić information content (AvgIpc) is 2.38. The van der Waals surface area contributed by atoms with E-state index in [1.165, 1.54) is 5.75 Å². The molecule has 0 radical (unpaired) electrons. The van der Waals surface area contributed by atoms with E-state index in [2.05, 4.69) is 0 Å². The number of aliphatic carboxylic acids is 1. The van der Waals surface area contributed by atoms with Gasteiger partial charge in [0.25, 0.3) is 0 Å². The van der Waals surface area contributed by atoms with Gasteiger partial charge in [-0.05, 0) is 42.9 Å². The lowest BCUT2D eigenvalue weighted by Gasteiger charge is -2.34. The van der Waals surface area contributed by atoms with Crippen LogP contribution in [0.5, 0.6) is 0 Å². The van der Waals surface area contributed by atoms with Gasteiger partial charge in [-0.25, -0.2) is 0 Å². The molecule has 0 amide bonds.